The molecule has 0 saturated heterocycles. The summed E-state index contributed by atoms with van der Waals surface area (Å²) in [5.74, 6) is 0. The maximum atomic E-state index is 10.1. The first-order chi connectivity index (χ1) is 4.26. The van der Waals surface area contributed by atoms with Gasteiger partial charge in [-0.25, -0.2) is 0 Å². The Labute approximate surface area is 56.9 Å². The number of carbonyl (C=O) groups excluding carboxylic acids is 1. The van der Waals surface area contributed by atoms with E-state index in [-0.39, 0.29) is 6.04 Å². The van der Waals surface area contributed by atoms with Gasteiger partial charge in [-0.3, -0.25) is 9.69 Å². The predicted octanol–water partition coefficient (Wildman–Crippen LogP) is 0.826. The molecule has 53 valence electrons. The van der Waals surface area contributed by atoms with E-state index < -0.39 is 0 Å². The maximum absolute atomic E-state index is 10.1. The Morgan fingerprint density at radius 1 is 1.44 bits per heavy atom. The molecule has 0 amide bonds. The van der Waals surface area contributed by atoms with Gasteiger partial charge in [0, 0.05) is 0 Å². The van der Waals surface area contributed by atoms with Crippen LogP contribution in [0, 0.1) is 0 Å². The Balaban J connectivity index is 3.63. The molecule has 0 aromatic rings. The van der Waals surface area contributed by atoms with Gasteiger partial charge in [0.2, 0.25) is 6.29 Å². The van der Waals surface area contributed by atoms with Crippen molar-refractivity contribution in [3.63, 3.8) is 0 Å². The van der Waals surface area contributed by atoms with Gasteiger partial charge in [0.25, 0.3) is 0 Å². The molecule has 0 spiro atoms. The number of rotatable bonds is 4. The van der Waals surface area contributed by atoms with Crippen molar-refractivity contribution in [1.82, 2.24) is 4.90 Å². The first-order valence-electron chi connectivity index (χ1n) is 3.38. The summed E-state index contributed by atoms with van der Waals surface area (Å²) in [4.78, 5) is 12.1. The quantitative estimate of drug-likeness (QED) is 0.559. The summed E-state index contributed by atoms with van der Waals surface area (Å²) in [6.45, 7) is 7.79. The Kier molecular flexibility index (Phi) is 4.32. The minimum atomic E-state index is -0.0417. The summed E-state index contributed by atoms with van der Waals surface area (Å²) < 4.78 is 0. The summed E-state index contributed by atoms with van der Waals surface area (Å²) in [6.07, 6.45) is 1.94. The van der Waals surface area contributed by atoms with Gasteiger partial charge >= 0.3 is 0 Å². The van der Waals surface area contributed by atoms with Gasteiger partial charge < -0.3 is 0 Å². The second-order valence-electron chi connectivity index (χ2n) is 2.02. The van der Waals surface area contributed by atoms with E-state index in [9.17, 15) is 4.79 Å². The summed E-state index contributed by atoms with van der Waals surface area (Å²) in [5, 5.41) is 0. The lowest BCUT2D eigenvalue weighted by Gasteiger charge is -2.20. The number of likely N-dealkylation sites (N-methyl/N-ethyl adjacent to an activating group) is 1. The van der Waals surface area contributed by atoms with Crippen LogP contribution in [0.3, 0.4) is 0 Å². The normalized spacial score (nSPS) is 13.8. The molecule has 0 N–H and O–H groups in total. The van der Waals surface area contributed by atoms with Gasteiger partial charge in [-0.1, -0.05) is 13.8 Å². The van der Waals surface area contributed by atoms with E-state index >= 15 is 0 Å². The topological polar surface area (TPSA) is 20.3 Å². The van der Waals surface area contributed by atoms with Crippen molar-refractivity contribution in [2.75, 3.05) is 13.1 Å². The first kappa shape index (κ1) is 8.63. The molecular formula is C7H14NO. The van der Waals surface area contributed by atoms with Gasteiger partial charge in [-0.15, -0.1) is 0 Å². The average Bonchev–Trinajstić information content (AvgIpc) is 1.90. The maximum Gasteiger partial charge on any atom is 0.216 e. The highest BCUT2D eigenvalue weighted by Crippen LogP contribution is 1.92. The van der Waals surface area contributed by atoms with Crippen LogP contribution in [-0.2, 0) is 4.79 Å². The van der Waals surface area contributed by atoms with E-state index in [1.807, 2.05) is 32.0 Å². The predicted molar refractivity (Wildman–Crippen MR) is 38.1 cm³/mol. The molecule has 1 atom stereocenters. The molecule has 0 aliphatic carbocycles. The Morgan fingerprint density at radius 2 is 1.89 bits per heavy atom. The van der Waals surface area contributed by atoms with Crippen molar-refractivity contribution >= 4 is 6.29 Å². The number of hydrogen-bond acceptors (Lipinski definition) is 2. The lowest BCUT2D eigenvalue weighted by atomic mass is 10.3. The largest absolute Gasteiger partial charge is 0.294 e. The van der Waals surface area contributed by atoms with Crippen LogP contribution in [0.15, 0.2) is 0 Å². The third-order valence-electron chi connectivity index (χ3n) is 1.53. The Morgan fingerprint density at radius 3 is 2.00 bits per heavy atom. The Bertz CT molecular complexity index is 79.0. The second-order valence-corrected chi connectivity index (χ2v) is 2.02. The SMILES string of the molecule is CCN(CC)C(C)[C]=O. The molecule has 0 saturated carbocycles. The molecule has 1 unspecified atom stereocenters. The van der Waals surface area contributed by atoms with Crippen LogP contribution in [0.25, 0.3) is 0 Å². The van der Waals surface area contributed by atoms with Crippen LogP contribution in [0.1, 0.15) is 20.8 Å². The van der Waals surface area contributed by atoms with Crippen LogP contribution in [0.4, 0.5) is 0 Å². The van der Waals surface area contributed by atoms with E-state index in [1.54, 1.807) is 0 Å². The zero-order chi connectivity index (χ0) is 7.28. The molecule has 1 radical (unpaired) electrons. The summed E-state index contributed by atoms with van der Waals surface area (Å²) in [7, 11) is 0. The Hall–Kier alpha value is -0.370. The van der Waals surface area contributed by atoms with Gasteiger partial charge in [0.05, 0.1) is 6.04 Å². The molecule has 0 heterocycles. The van der Waals surface area contributed by atoms with Crippen molar-refractivity contribution < 1.29 is 4.79 Å². The standard InChI is InChI=1S/C7H14NO/c1-4-8(5-2)7(3)6-9/h7H,4-5H2,1-3H3. The monoisotopic (exact) mass is 128 g/mol. The van der Waals surface area contributed by atoms with Gasteiger partial charge in [-0.05, 0) is 20.0 Å². The summed E-state index contributed by atoms with van der Waals surface area (Å²) in [5.41, 5.74) is 0. The van der Waals surface area contributed by atoms with Crippen molar-refractivity contribution in [3.8, 4) is 0 Å². The highest BCUT2D eigenvalue weighted by Gasteiger charge is 2.07. The van der Waals surface area contributed by atoms with E-state index in [0.29, 0.717) is 0 Å². The fourth-order valence-electron chi connectivity index (χ4n) is 0.846. The van der Waals surface area contributed by atoms with Crippen LogP contribution < -0.4 is 0 Å². The van der Waals surface area contributed by atoms with Crippen molar-refractivity contribution in [2.45, 2.75) is 26.8 Å². The fourth-order valence-corrected chi connectivity index (χ4v) is 0.846. The van der Waals surface area contributed by atoms with Gasteiger partial charge in [0.15, 0.2) is 0 Å². The molecular weight excluding hydrogens is 114 g/mol. The number of hydrogen-bond donors (Lipinski definition) is 0. The highest BCUT2D eigenvalue weighted by molar-refractivity contribution is 5.57. The number of nitrogens with zero attached hydrogens (tertiary/aromatic N) is 1. The second kappa shape index (κ2) is 4.50. The first-order valence-corrected chi connectivity index (χ1v) is 3.38. The van der Waals surface area contributed by atoms with Crippen molar-refractivity contribution in [1.29, 1.82) is 0 Å². The van der Waals surface area contributed by atoms with E-state index in [1.165, 1.54) is 0 Å². The molecule has 0 aliphatic heterocycles. The van der Waals surface area contributed by atoms with Crippen LogP contribution in [-0.4, -0.2) is 30.3 Å². The third-order valence-corrected chi connectivity index (χ3v) is 1.53. The van der Waals surface area contributed by atoms with Crippen molar-refractivity contribution in [3.05, 3.63) is 0 Å². The molecule has 2 nitrogen and oxygen atoms in total. The minimum Gasteiger partial charge on any atom is -0.294 e. The summed E-state index contributed by atoms with van der Waals surface area (Å²) >= 11 is 0. The molecule has 2 heteroatoms. The lowest BCUT2D eigenvalue weighted by molar-refractivity contribution is 0.275. The van der Waals surface area contributed by atoms with Crippen LogP contribution in [0.2, 0.25) is 0 Å². The zero-order valence-corrected chi connectivity index (χ0v) is 6.35. The zero-order valence-electron chi connectivity index (χ0n) is 6.35. The fraction of sp³-hybridized carbons (Fsp3) is 0.857. The minimum absolute atomic E-state index is 0.0417. The molecule has 9 heavy (non-hydrogen) atoms. The third kappa shape index (κ3) is 2.61. The van der Waals surface area contributed by atoms with E-state index in [2.05, 4.69) is 0 Å². The van der Waals surface area contributed by atoms with Crippen LogP contribution >= 0.6 is 0 Å². The molecule has 0 aliphatic rings. The molecule has 0 aromatic carbocycles. The highest BCUT2D eigenvalue weighted by atomic mass is 16.1. The summed E-state index contributed by atoms with van der Waals surface area (Å²) in [6, 6.07) is -0.0417. The molecule has 0 aromatic heterocycles. The van der Waals surface area contributed by atoms with Gasteiger partial charge in [-0.2, -0.15) is 0 Å². The molecule has 0 bridgehead atoms. The van der Waals surface area contributed by atoms with Crippen LogP contribution in [0.5, 0.6) is 0 Å². The van der Waals surface area contributed by atoms with E-state index in [0.717, 1.165) is 13.1 Å². The molecule has 0 fully saturated rings. The average molecular weight is 128 g/mol. The van der Waals surface area contributed by atoms with Crippen molar-refractivity contribution in [2.24, 2.45) is 0 Å². The molecule has 0 rings (SSSR count). The van der Waals surface area contributed by atoms with E-state index in [4.69, 9.17) is 0 Å². The smallest absolute Gasteiger partial charge is 0.216 e. The lowest BCUT2D eigenvalue weighted by Crippen LogP contribution is -2.33. The van der Waals surface area contributed by atoms with Gasteiger partial charge in [0.1, 0.15) is 0 Å².